The standard InChI is InChI=1S/C19H21FN2O2/c1-14-5-2-9-18(21-14)24-13-15-6-4-10-22(12-15)19(23)16-7-3-8-17(20)11-16/h2-3,5,7-9,11,15H,4,6,10,12-13H2,1H3. The normalized spacial score (nSPS) is 17.6. The second-order valence-corrected chi connectivity index (χ2v) is 6.20. The molecule has 2 heterocycles. The van der Waals surface area contributed by atoms with Crippen LogP contribution in [-0.4, -0.2) is 35.5 Å². The van der Waals surface area contributed by atoms with Crippen LogP contribution in [0.25, 0.3) is 0 Å². The summed E-state index contributed by atoms with van der Waals surface area (Å²) in [5, 5.41) is 0. The summed E-state index contributed by atoms with van der Waals surface area (Å²) in [5.41, 5.74) is 1.32. The Labute approximate surface area is 141 Å². The Kier molecular flexibility index (Phi) is 5.08. The lowest BCUT2D eigenvalue weighted by molar-refractivity contribution is 0.0630. The molecular weight excluding hydrogens is 307 g/mol. The summed E-state index contributed by atoms with van der Waals surface area (Å²) in [6.07, 6.45) is 1.94. The molecule has 3 rings (SSSR count). The van der Waals surface area contributed by atoms with Crippen LogP contribution in [0.2, 0.25) is 0 Å². The summed E-state index contributed by atoms with van der Waals surface area (Å²) in [4.78, 5) is 18.6. The van der Waals surface area contributed by atoms with Crippen molar-refractivity contribution in [2.75, 3.05) is 19.7 Å². The van der Waals surface area contributed by atoms with Gasteiger partial charge in [0, 0.05) is 36.3 Å². The summed E-state index contributed by atoms with van der Waals surface area (Å²) in [6.45, 7) is 3.78. The lowest BCUT2D eigenvalue weighted by atomic mass is 9.98. The summed E-state index contributed by atoms with van der Waals surface area (Å²) in [5.74, 6) is 0.373. The number of carbonyl (C=O) groups is 1. The molecule has 24 heavy (non-hydrogen) atoms. The van der Waals surface area contributed by atoms with Crippen molar-refractivity contribution >= 4 is 5.91 Å². The minimum atomic E-state index is -0.386. The second kappa shape index (κ2) is 7.43. The van der Waals surface area contributed by atoms with Crippen LogP contribution in [0.5, 0.6) is 5.88 Å². The number of piperidine rings is 1. The quantitative estimate of drug-likeness (QED) is 0.863. The molecule has 0 bridgehead atoms. The van der Waals surface area contributed by atoms with Crippen LogP contribution in [0, 0.1) is 18.7 Å². The van der Waals surface area contributed by atoms with E-state index in [0.29, 0.717) is 31.1 Å². The zero-order valence-corrected chi connectivity index (χ0v) is 13.7. The first-order valence-corrected chi connectivity index (χ1v) is 8.23. The lowest BCUT2D eigenvalue weighted by Gasteiger charge is -2.32. The molecule has 1 atom stereocenters. The van der Waals surface area contributed by atoms with Crippen LogP contribution in [0.4, 0.5) is 4.39 Å². The van der Waals surface area contributed by atoms with Crippen LogP contribution in [0.15, 0.2) is 42.5 Å². The van der Waals surface area contributed by atoms with Gasteiger partial charge in [0.05, 0.1) is 6.61 Å². The third-order valence-corrected chi connectivity index (χ3v) is 4.21. The van der Waals surface area contributed by atoms with Crippen LogP contribution >= 0.6 is 0 Å². The van der Waals surface area contributed by atoms with Gasteiger partial charge in [0.2, 0.25) is 5.88 Å². The molecule has 0 aliphatic carbocycles. The zero-order chi connectivity index (χ0) is 16.9. The molecule has 1 aromatic carbocycles. The van der Waals surface area contributed by atoms with E-state index in [1.807, 2.05) is 25.1 Å². The van der Waals surface area contributed by atoms with Gasteiger partial charge in [0.25, 0.3) is 5.91 Å². The van der Waals surface area contributed by atoms with Gasteiger partial charge in [-0.05, 0) is 44.0 Å². The molecule has 1 fully saturated rings. The average molecular weight is 328 g/mol. The van der Waals surface area contributed by atoms with Crippen LogP contribution < -0.4 is 4.74 Å². The number of amides is 1. The van der Waals surface area contributed by atoms with E-state index in [-0.39, 0.29) is 17.6 Å². The molecular formula is C19H21FN2O2. The smallest absolute Gasteiger partial charge is 0.253 e. The Morgan fingerprint density at radius 3 is 2.96 bits per heavy atom. The Hall–Kier alpha value is -2.43. The third kappa shape index (κ3) is 4.10. The average Bonchev–Trinajstić information content (AvgIpc) is 2.60. The molecule has 1 saturated heterocycles. The monoisotopic (exact) mass is 328 g/mol. The number of nitrogens with zero attached hydrogens (tertiary/aromatic N) is 2. The van der Waals surface area contributed by atoms with E-state index in [9.17, 15) is 9.18 Å². The minimum absolute atomic E-state index is 0.118. The summed E-state index contributed by atoms with van der Waals surface area (Å²) < 4.78 is 19.1. The number of benzene rings is 1. The van der Waals surface area contributed by atoms with Crippen LogP contribution in [-0.2, 0) is 0 Å². The van der Waals surface area contributed by atoms with E-state index in [2.05, 4.69) is 4.98 Å². The number of ether oxygens (including phenoxy) is 1. The molecule has 1 aliphatic heterocycles. The minimum Gasteiger partial charge on any atom is -0.477 e. The molecule has 126 valence electrons. The van der Waals surface area contributed by atoms with Gasteiger partial charge in [-0.2, -0.15) is 0 Å². The topological polar surface area (TPSA) is 42.4 Å². The van der Waals surface area contributed by atoms with E-state index in [0.717, 1.165) is 18.5 Å². The van der Waals surface area contributed by atoms with Crippen molar-refractivity contribution in [3.05, 3.63) is 59.5 Å². The van der Waals surface area contributed by atoms with Gasteiger partial charge in [-0.15, -0.1) is 0 Å². The highest BCUT2D eigenvalue weighted by molar-refractivity contribution is 5.94. The highest BCUT2D eigenvalue weighted by atomic mass is 19.1. The molecule has 0 radical (unpaired) electrons. The van der Waals surface area contributed by atoms with E-state index < -0.39 is 0 Å². The fourth-order valence-electron chi connectivity index (χ4n) is 2.99. The van der Waals surface area contributed by atoms with Gasteiger partial charge >= 0.3 is 0 Å². The first kappa shape index (κ1) is 16.4. The van der Waals surface area contributed by atoms with Gasteiger partial charge in [-0.25, -0.2) is 9.37 Å². The van der Waals surface area contributed by atoms with Crippen molar-refractivity contribution in [1.82, 2.24) is 9.88 Å². The molecule has 2 aromatic rings. The van der Waals surface area contributed by atoms with E-state index in [1.54, 1.807) is 17.0 Å². The fraction of sp³-hybridized carbons (Fsp3) is 0.368. The van der Waals surface area contributed by atoms with E-state index in [1.165, 1.54) is 12.1 Å². The number of hydrogen-bond donors (Lipinski definition) is 0. The second-order valence-electron chi connectivity index (χ2n) is 6.20. The van der Waals surface area contributed by atoms with Gasteiger partial charge in [-0.3, -0.25) is 4.79 Å². The van der Waals surface area contributed by atoms with Crippen molar-refractivity contribution < 1.29 is 13.9 Å². The number of halogens is 1. The predicted octanol–water partition coefficient (Wildman–Crippen LogP) is 3.46. The molecule has 4 nitrogen and oxygen atoms in total. The Bertz CT molecular complexity index is 720. The fourth-order valence-corrected chi connectivity index (χ4v) is 2.99. The van der Waals surface area contributed by atoms with Crippen LogP contribution in [0.1, 0.15) is 28.9 Å². The van der Waals surface area contributed by atoms with Crippen molar-refractivity contribution in [2.45, 2.75) is 19.8 Å². The van der Waals surface area contributed by atoms with Gasteiger partial charge < -0.3 is 9.64 Å². The first-order valence-electron chi connectivity index (χ1n) is 8.23. The Balaban J connectivity index is 1.59. The molecule has 0 saturated carbocycles. The number of likely N-dealkylation sites (tertiary alicyclic amines) is 1. The van der Waals surface area contributed by atoms with Gasteiger partial charge in [-0.1, -0.05) is 12.1 Å². The summed E-state index contributed by atoms with van der Waals surface area (Å²) in [6, 6.07) is 11.5. The van der Waals surface area contributed by atoms with Crippen molar-refractivity contribution in [1.29, 1.82) is 0 Å². The lowest BCUT2D eigenvalue weighted by Crippen LogP contribution is -2.41. The number of pyridine rings is 1. The molecule has 1 aromatic heterocycles. The number of aryl methyl sites for hydroxylation is 1. The largest absolute Gasteiger partial charge is 0.477 e. The molecule has 0 spiro atoms. The maximum atomic E-state index is 13.3. The van der Waals surface area contributed by atoms with E-state index in [4.69, 9.17) is 4.74 Å². The van der Waals surface area contributed by atoms with Crippen molar-refractivity contribution in [3.63, 3.8) is 0 Å². The third-order valence-electron chi connectivity index (χ3n) is 4.21. The number of hydrogen-bond acceptors (Lipinski definition) is 3. The maximum Gasteiger partial charge on any atom is 0.253 e. The summed E-state index contributed by atoms with van der Waals surface area (Å²) in [7, 11) is 0. The zero-order valence-electron chi connectivity index (χ0n) is 13.7. The SMILES string of the molecule is Cc1cccc(OCC2CCCN(C(=O)c3cccc(F)c3)C2)n1. The van der Waals surface area contributed by atoms with Crippen molar-refractivity contribution in [3.8, 4) is 5.88 Å². The Morgan fingerprint density at radius 1 is 1.33 bits per heavy atom. The number of rotatable bonds is 4. The number of carbonyl (C=O) groups excluding carboxylic acids is 1. The molecule has 1 aliphatic rings. The van der Waals surface area contributed by atoms with Gasteiger partial charge in [0.15, 0.2) is 0 Å². The molecule has 1 unspecified atom stereocenters. The molecule has 1 amide bonds. The highest BCUT2D eigenvalue weighted by Crippen LogP contribution is 2.20. The highest BCUT2D eigenvalue weighted by Gasteiger charge is 2.25. The maximum absolute atomic E-state index is 13.3. The molecule has 5 heteroatoms. The van der Waals surface area contributed by atoms with Crippen molar-refractivity contribution in [2.24, 2.45) is 5.92 Å². The van der Waals surface area contributed by atoms with Crippen LogP contribution in [0.3, 0.4) is 0 Å². The Morgan fingerprint density at radius 2 is 2.17 bits per heavy atom. The van der Waals surface area contributed by atoms with E-state index >= 15 is 0 Å². The first-order chi connectivity index (χ1) is 11.6. The van der Waals surface area contributed by atoms with Gasteiger partial charge in [0.1, 0.15) is 5.82 Å². The number of aromatic nitrogens is 1. The molecule has 0 N–H and O–H groups in total. The predicted molar refractivity (Wildman–Crippen MR) is 89.5 cm³/mol. The summed E-state index contributed by atoms with van der Waals surface area (Å²) >= 11 is 0.